The first-order chi connectivity index (χ1) is 8.15. The largest absolute Gasteiger partial charge is 0.446 e. The van der Waals surface area contributed by atoms with Gasteiger partial charge in [0.05, 0.1) is 6.54 Å². The summed E-state index contributed by atoms with van der Waals surface area (Å²) in [5.41, 5.74) is 4.18. The molecule has 1 aromatic rings. The van der Waals surface area contributed by atoms with Crippen molar-refractivity contribution >= 4 is 17.8 Å². The average Bonchev–Trinajstić information content (AvgIpc) is 2.68. The zero-order valence-electron chi connectivity index (χ0n) is 9.40. The molecule has 0 atom stereocenters. The molecule has 0 radical (unpaired) electrons. The highest BCUT2D eigenvalue weighted by Gasteiger charge is 2.23. The van der Waals surface area contributed by atoms with E-state index < -0.39 is 12.1 Å². The fourth-order valence-corrected chi connectivity index (χ4v) is 1.41. The molecule has 0 aromatic heterocycles. The molecule has 90 valence electrons. The van der Waals surface area contributed by atoms with E-state index in [1.807, 2.05) is 19.1 Å². The van der Waals surface area contributed by atoms with Crippen molar-refractivity contribution in [3.05, 3.63) is 29.8 Å². The summed E-state index contributed by atoms with van der Waals surface area (Å²) in [5.74, 6) is 0. The van der Waals surface area contributed by atoms with Crippen LogP contribution in [0.1, 0.15) is 5.56 Å². The summed E-state index contributed by atoms with van der Waals surface area (Å²) in [6, 6.07) is 6.89. The minimum Gasteiger partial charge on any atom is -0.446 e. The van der Waals surface area contributed by atoms with Crippen LogP contribution in [0.2, 0.25) is 0 Å². The lowest BCUT2D eigenvalue weighted by Gasteiger charge is -2.14. The van der Waals surface area contributed by atoms with Gasteiger partial charge < -0.3 is 10.1 Å². The Hall–Kier alpha value is -2.24. The fraction of sp³-hybridized carbons (Fsp3) is 0.273. The van der Waals surface area contributed by atoms with Gasteiger partial charge in [-0.2, -0.15) is 0 Å². The Bertz CT molecular complexity index is 430. The van der Waals surface area contributed by atoms with Gasteiger partial charge in [-0.3, -0.25) is 0 Å². The van der Waals surface area contributed by atoms with Crippen LogP contribution in [0.3, 0.4) is 0 Å². The number of hydrogen-bond acceptors (Lipinski definition) is 3. The molecular formula is C11H13N3O3. The molecule has 17 heavy (non-hydrogen) atoms. The molecule has 0 spiro atoms. The molecule has 1 aliphatic rings. The SMILES string of the molecule is Cc1ccc(NC(=O)NN2CCOC2=O)cc1. The normalized spacial score (nSPS) is 14.4. The lowest BCUT2D eigenvalue weighted by atomic mass is 10.2. The number of aryl methyl sites for hydroxylation is 1. The van der Waals surface area contributed by atoms with Gasteiger partial charge in [0.15, 0.2) is 0 Å². The molecule has 1 aliphatic heterocycles. The second kappa shape index (κ2) is 4.73. The first-order valence-corrected chi connectivity index (χ1v) is 5.24. The lowest BCUT2D eigenvalue weighted by Crippen LogP contribution is -2.44. The van der Waals surface area contributed by atoms with Crippen LogP contribution in [-0.4, -0.2) is 30.3 Å². The van der Waals surface area contributed by atoms with Gasteiger partial charge >= 0.3 is 12.1 Å². The maximum absolute atomic E-state index is 11.5. The number of hydrazine groups is 1. The number of carbonyl (C=O) groups excluding carboxylic acids is 2. The van der Waals surface area contributed by atoms with Crippen molar-refractivity contribution in [2.45, 2.75) is 6.92 Å². The smallest absolute Gasteiger partial charge is 0.428 e. The van der Waals surface area contributed by atoms with E-state index in [4.69, 9.17) is 0 Å². The second-order valence-electron chi connectivity index (χ2n) is 3.70. The predicted octanol–water partition coefficient (Wildman–Crippen LogP) is 1.48. The number of rotatable bonds is 2. The molecule has 0 aliphatic carbocycles. The van der Waals surface area contributed by atoms with E-state index in [-0.39, 0.29) is 0 Å². The van der Waals surface area contributed by atoms with Gasteiger partial charge in [0.2, 0.25) is 0 Å². The standard InChI is InChI=1S/C11H13N3O3/c1-8-2-4-9(5-3-8)12-10(15)13-14-6-7-17-11(14)16/h2-5H,6-7H2,1H3,(H2,12,13,15). The van der Waals surface area contributed by atoms with Crippen molar-refractivity contribution < 1.29 is 14.3 Å². The van der Waals surface area contributed by atoms with Gasteiger partial charge in [0, 0.05) is 5.69 Å². The van der Waals surface area contributed by atoms with E-state index in [1.165, 1.54) is 0 Å². The fourth-order valence-electron chi connectivity index (χ4n) is 1.41. The van der Waals surface area contributed by atoms with Crippen LogP contribution >= 0.6 is 0 Å². The topological polar surface area (TPSA) is 70.7 Å². The van der Waals surface area contributed by atoms with Crippen LogP contribution < -0.4 is 10.7 Å². The number of amides is 3. The number of nitrogens with zero attached hydrogens (tertiary/aromatic N) is 1. The molecule has 0 bridgehead atoms. The van der Waals surface area contributed by atoms with E-state index in [1.54, 1.807) is 12.1 Å². The molecule has 0 unspecified atom stereocenters. The minimum absolute atomic E-state index is 0.295. The first kappa shape index (κ1) is 11.3. The summed E-state index contributed by atoms with van der Waals surface area (Å²) < 4.78 is 4.68. The monoisotopic (exact) mass is 235 g/mol. The number of urea groups is 1. The summed E-state index contributed by atoms with van der Waals surface area (Å²) in [7, 11) is 0. The van der Waals surface area contributed by atoms with E-state index in [0.717, 1.165) is 10.6 Å². The van der Waals surface area contributed by atoms with Gasteiger partial charge in [-0.1, -0.05) is 17.7 Å². The molecule has 2 rings (SSSR count). The highest BCUT2D eigenvalue weighted by molar-refractivity contribution is 5.90. The van der Waals surface area contributed by atoms with Crippen LogP contribution in [0.5, 0.6) is 0 Å². The summed E-state index contributed by atoms with van der Waals surface area (Å²) in [4.78, 5) is 22.6. The molecule has 1 saturated heterocycles. The zero-order valence-corrected chi connectivity index (χ0v) is 9.40. The van der Waals surface area contributed by atoms with Gasteiger partial charge in [0.25, 0.3) is 0 Å². The summed E-state index contributed by atoms with van der Waals surface area (Å²) in [5, 5.41) is 3.75. The van der Waals surface area contributed by atoms with Gasteiger partial charge in [-0.25, -0.2) is 20.0 Å². The third kappa shape index (κ3) is 2.87. The second-order valence-corrected chi connectivity index (χ2v) is 3.70. The van der Waals surface area contributed by atoms with Crippen molar-refractivity contribution in [1.82, 2.24) is 10.4 Å². The third-order valence-electron chi connectivity index (χ3n) is 2.31. The predicted molar refractivity (Wildman–Crippen MR) is 61.4 cm³/mol. The number of anilines is 1. The number of benzene rings is 1. The summed E-state index contributed by atoms with van der Waals surface area (Å²) in [6.07, 6.45) is -0.538. The Labute approximate surface area is 98.5 Å². The number of hydrogen-bond donors (Lipinski definition) is 2. The van der Waals surface area contributed by atoms with E-state index >= 15 is 0 Å². The van der Waals surface area contributed by atoms with Crippen LogP contribution in [0.4, 0.5) is 15.3 Å². The van der Waals surface area contributed by atoms with Gasteiger partial charge in [0.1, 0.15) is 6.61 Å². The lowest BCUT2D eigenvalue weighted by molar-refractivity contribution is 0.147. The molecule has 2 N–H and O–H groups in total. The van der Waals surface area contributed by atoms with Crippen LogP contribution in [0.25, 0.3) is 0 Å². The third-order valence-corrected chi connectivity index (χ3v) is 2.31. The van der Waals surface area contributed by atoms with Crippen molar-refractivity contribution in [2.75, 3.05) is 18.5 Å². The highest BCUT2D eigenvalue weighted by Crippen LogP contribution is 2.08. The Kier molecular flexibility index (Phi) is 3.13. The summed E-state index contributed by atoms with van der Waals surface area (Å²) >= 11 is 0. The Morgan fingerprint density at radius 2 is 2.06 bits per heavy atom. The molecule has 1 aromatic carbocycles. The first-order valence-electron chi connectivity index (χ1n) is 5.24. The van der Waals surface area contributed by atoms with Crippen LogP contribution in [-0.2, 0) is 4.74 Å². The van der Waals surface area contributed by atoms with E-state index in [2.05, 4.69) is 15.5 Å². The van der Waals surface area contributed by atoms with E-state index in [0.29, 0.717) is 18.8 Å². The number of ether oxygens (including phenoxy) is 1. The molecule has 1 heterocycles. The summed E-state index contributed by atoms with van der Waals surface area (Å²) in [6.45, 7) is 2.62. The van der Waals surface area contributed by atoms with Crippen molar-refractivity contribution in [2.24, 2.45) is 0 Å². The van der Waals surface area contributed by atoms with Gasteiger partial charge in [-0.05, 0) is 19.1 Å². The van der Waals surface area contributed by atoms with Crippen molar-refractivity contribution in [1.29, 1.82) is 0 Å². The maximum Gasteiger partial charge on any atom is 0.428 e. The zero-order chi connectivity index (χ0) is 12.3. The number of cyclic esters (lactones) is 1. The number of nitrogens with one attached hydrogen (secondary N) is 2. The van der Waals surface area contributed by atoms with Gasteiger partial charge in [-0.15, -0.1) is 0 Å². The molecule has 6 nitrogen and oxygen atoms in total. The average molecular weight is 235 g/mol. The molecule has 0 saturated carbocycles. The van der Waals surface area contributed by atoms with Crippen LogP contribution in [0, 0.1) is 6.92 Å². The molecule has 6 heteroatoms. The Morgan fingerprint density at radius 3 is 2.65 bits per heavy atom. The molecular weight excluding hydrogens is 222 g/mol. The Morgan fingerprint density at radius 1 is 1.35 bits per heavy atom. The quantitative estimate of drug-likeness (QED) is 0.815. The maximum atomic E-state index is 11.5. The minimum atomic E-state index is -0.538. The Balaban J connectivity index is 1.88. The molecule has 1 fully saturated rings. The van der Waals surface area contributed by atoms with E-state index in [9.17, 15) is 9.59 Å². The van der Waals surface area contributed by atoms with Crippen molar-refractivity contribution in [3.8, 4) is 0 Å². The highest BCUT2D eigenvalue weighted by atomic mass is 16.6. The van der Waals surface area contributed by atoms with Crippen molar-refractivity contribution in [3.63, 3.8) is 0 Å². The number of carbonyl (C=O) groups is 2. The molecule has 3 amide bonds. The van der Waals surface area contributed by atoms with Crippen LogP contribution in [0.15, 0.2) is 24.3 Å².